The van der Waals surface area contributed by atoms with E-state index in [4.69, 9.17) is 0 Å². The van der Waals surface area contributed by atoms with E-state index in [1.165, 1.54) is 25.7 Å². The monoisotopic (exact) mass is 523 g/mol. The van der Waals surface area contributed by atoms with E-state index < -0.39 is 0 Å². The van der Waals surface area contributed by atoms with E-state index in [1.54, 1.807) is 29.8 Å². The van der Waals surface area contributed by atoms with Gasteiger partial charge >= 0.3 is 0 Å². The summed E-state index contributed by atoms with van der Waals surface area (Å²) in [4.78, 5) is 18.0. The Morgan fingerprint density at radius 2 is 2.00 bits per heavy atom. The van der Waals surface area contributed by atoms with Crippen molar-refractivity contribution in [3.63, 3.8) is 0 Å². The maximum atomic E-state index is 16.1. The molecule has 1 fully saturated rings. The van der Waals surface area contributed by atoms with Crippen LogP contribution in [0.4, 0.5) is 4.39 Å². The van der Waals surface area contributed by atoms with Gasteiger partial charge in [-0.05, 0) is 66.6 Å². The summed E-state index contributed by atoms with van der Waals surface area (Å²) in [5.41, 5.74) is 5.68. The molecule has 0 bridgehead atoms. The van der Waals surface area contributed by atoms with Crippen LogP contribution in [-0.4, -0.2) is 36.7 Å². The van der Waals surface area contributed by atoms with Gasteiger partial charge in [-0.3, -0.25) is 10.1 Å². The van der Waals surface area contributed by atoms with Gasteiger partial charge in [0, 0.05) is 46.7 Å². The quantitative estimate of drug-likeness (QED) is 0.216. The number of nitrogens with zero attached hydrogens (tertiary/aromatic N) is 4. The Hall–Kier alpha value is -3.95. The summed E-state index contributed by atoms with van der Waals surface area (Å²) in [7, 11) is 0. The molecule has 0 unspecified atom stereocenters. The summed E-state index contributed by atoms with van der Waals surface area (Å²) < 4.78 is 16.1. The van der Waals surface area contributed by atoms with Gasteiger partial charge in [-0.1, -0.05) is 18.9 Å². The first-order chi connectivity index (χ1) is 18.7. The van der Waals surface area contributed by atoms with Crippen LogP contribution >= 0.6 is 11.3 Å². The molecule has 0 radical (unpaired) electrons. The zero-order valence-electron chi connectivity index (χ0n) is 20.7. The van der Waals surface area contributed by atoms with Gasteiger partial charge in [-0.15, -0.1) is 11.3 Å². The largest absolute Gasteiger partial charge is 0.335 e. The predicted molar refractivity (Wildman–Crippen MR) is 149 cm³/mol. The predicted octanol–water partition coefficient (Wildman–Crippen LogP) is 6.71. The van der Waals surface area contributed by atoms with Crippen molar-refractivity contribution in [3.05, 3.63) is 71.7 Å². The number of pyridine rings is 2. The van der Waals surface area contributed by atoms with Crippen molar-refractivity contribution in [2.45, 2.75) is 32.2 Å². The van der Waals surface area contributed by atoms with Gasteiger partial charge in [0.25, 0.3) is 0 Å². The molecular formula is C29H26FN7S. The van der Waals surface area contributed by atoms with Crippen molar-refractivity contribution in [3.8, 4) is 33.1 Å². The van der Waals surface area contributed by atoms with Gasteiger partial charge in [0.05, 0.1) is 16.4 Å². The van der Waals surface area contributed by atoms with Crippen LogP contribution in [0.3, 0.4) is 0 Å². The molecule has 1 aliphatic carbocycles. The molecule has 0 saturated heterocycles. The molecule has 9 heteroatoms. The summed E-state index contributed by atoms with van der Waals surface area (Å²) in [5.74, 6) is 0.887. The molecule has 190 valence electrons. The Morgan fingerprint density at radius 1 is 1.08 bits per heavy atom. The van der Waals surface area contributed by atoms with Crippen molar-refractivity contribution in [2.75, 3.05) is 6.54 Å². The lowest BCUT2D eigenvalue weighted by Gasteiger charge is -2.11. The van der Waals surface area contributed by atoms with E-state index in [1.807, 2.05) is 35.8 Å². The summed E-state index contributed by atoms with van der Waals surface area (Å²) in [6, 6.07) is 11.7. The van der Waals surface area contributed by atoms with Crippen molar-refractivity contribution < 1.29 is 4.39 Å². The molecule has 1 aromatic carbocycles. The Bertz CT molecular complexity index is 1730. The SMILES string of the molecule is Fc1c(-c2cncc(CNCC3CCCC3)c2)ccc2[nH]nc(-c3nc4nccc(-c5cccs5)c4[nH]3)c12. The smallest absolute Gasteiger partial charge is 0.178 e. The number of halogens is 1. The molecule has 1 saturated carbocycles. The minimum atomic E-state index is -0.351. The molecule has 0 aliphatic heterocycles. The normalized spacial score (nSPS) is 14.2. The third kappa shape index (κ3) is 4.17. The van der Waals surface area contributed by atoms with E-state index in [-0.39, 0.29) is 5.82 Å². The maximum Gasteiger partial charge on any atom is 0.178 e. The van der Waals surface area contributed by atoms with Crippen molar-refractivity contribution >= 4 is 33.4 Å². The van der Waals surface area contributed by atoms with Gasteiger partial charge in [-0.25, -0.2) is 14.4 Å². The Labute approximate surface area is 222 Å². The fraction of sp³-hybridized carbons (Fsp3) is 0.241. The van der Waals surface area contributed by atoms with E-state index in [0.717, 1.165) is 46.1 Å². The number of hydrogen-bond donors (Lipinski definition) is 3. The lowest BCUT2D eigenvalue weighted by molar-refractivity contribution is 0.489. The van der Waals surface area contributed by atoms with Gasteiger partial charge in [0.2, 0.25) is 0 Å². The Morgan fingerprint density at radius 3 is 2.87 bits per heavy atom. The first-order valence-corrected chi connectivity index (χ1v) is 13.8. The highest BCUT2D eigenvalue weighted by atomic mass is 32.1. The topological polar surface area (TPSA) is 95.2 Å². The van der Waals surface area contributed by atoms with Gasteiger partial charge in [0.1, 0.15) is 11.5 Å². The molecular weight excluding hydrogens is 497 g/mol. The van der Waals surface area contributed by atoms with Gasteiger partial charge in [0.15, 0.2) is 11.5 Å². The van der Waals surface area contributed by atoms with Crippen LogP contribution in [0.2, 0.25) is 0 Å². The van der Waals surface area contributed by atoms with Crippen molar-refractivity contribution in [2.24, 2.45) is 5.92 Å². The second-order valence-electron chi connectivity index (χ2n) is 9.90. The van der Waals surface area contributed by atoms with Gasteiger partial charge < -0.3 is 10.3 Å². The zero-order valence-corrected chi connectivity index (χ0v) is 21.5. The van der Waals surface area contributed by atoms with Crippen LogP contribution in [0.15, 0.2) is 60.4 Å². The number of aromatic nitrogens is 6. The number of hydrogen-bond acceptors (Lipinski definition) is 6. The van der Waals surface area contributed by atoms with Crippen LogP contribution in [-0.2, 0) is 6.54 Å². The highest BCUT2D eigenvalue weighted by Crippen LogP contribution is 2.36. The standard InChI is InChI=1S/C29H26FN7S/c30-25-20(19-12-18(15-32-16-19)14-31-13-17-4-1-2-5-17)7-8-22-24(25)27(37-36-22)29-34-26-21(23-6-3-11-38-23)9-10-33-28(26)35-29/h3,6-12,15-17,31H,1-2,4-5,13-14H2,(H,36,37)(H,33,34,35). The lowest BCUT2D eigenvalue weighted by Crippen LogP contribution is -2.20. The van der Waals surface area contributed by atoms with Crippen LogP contribution in [0, 0.1) is 11.7 Å². The highest BCUT2D eigenvalue weighted by molar-refractivity contribution is 7.13. The van der Waals surface area contributed by atoms with Crippen molar-refractivity contribution in [1.29, 1.82) is 0 Å². The molecule has 1 aliphatic rings. The fourth-order valence-electron chi connectivity index (χ4n) is 5.49. The number of rotatable bonds is 7. The highest BCUT2D eigenvalue weighted by Gasteiger charge is 2.21. The van der Waals surface area contributed by atoms with Crippen LogP contribution in [0.1, 0.15) is 31.2 Å². The summed E-state index contributed by atoms with van der Waals surface area (Å²) in [5, 5.41) is 13.4. The number of fused-ring (bicyclic) bond motifs is 2. The fourth-order valence-corrected chi connectivity index (χ4v) is 6.25. The number of H-pyrrole nitrogens is 2. The number of imidazole rings is 1. The van der Waals surface area contributed by atoms with Crippen LogP contribution in [0.5, 0.6) is 0 Å². The van der Waals surface area contributed by atoms with Crippen molar-refractivity contribution in [1.82, 2.24) is 35.5 Å². The molecule has 7 nitrogen and oxygen atoms in total. The third-order valence-corrected chi connectivity index (χ3v) is 8.32. The average Bonchev–Trinajstić information content (AvgIpc) is 3.75. The molecule has 0 spiro atoms. The molecule has 5 heterocycles. The number of thiophene rings is 1. The second kappa shape index (κ2) is 9.74. The molecule has 5 aromatic heterocycles. The Balaban J connectivity index is 1.23. The van der Waals surface area contributed by atoms with Crippen LogP contribution in [0.25, 0.3) is 55.2 Å². The minimum Gasteiger partial charge on any atom is -0.335 e. The van der Waals surface area contributed by atoms with E-state index in [9.17, 15) is 0 Å². The zero-order chi connectivity index (χ0) is 25.5. The summed E-state index contributed by atoms with van der Waals surface area (Å²) in [6.07, 6.45) is 10.6. The molecule has 3 N–H and O–H groups in total. The van der Waals surface area contributed by atoms with E-state index in [2.05, 4.69) is 41.5 Å². The summed E-state index contributed by atoms with van der Waals surface area (Å²) in [6.45, 7) is 1.74. The second-order valence-corrected chi connectivity index (χ2v) is 10.9. The summed E-state index contributed by atoms with van der Waals surface area (Å²) >= 11 is 1.65. The molecule has 0 atom stereocenters. The molecule has 6 aromatic rings. The lowest BCUT2D eigenvalue weighted by atomic mass is 10.0. The average molecular weight is 524 g/mol. The number of benzene rings is 1. The van der Waals surface area contributed by atoms with E-state index in [0.29, 0.717) is 33.6 Å². The molecule has 38 heavy (non-hydrogen) atoms. The third-order valence-electron chi connectivity index (χ3n) is 7.41. The number of aromatic amines is 2. The first kappa shape index (κ1) is 23.2. The van der Waals surface area contributed by atoms with Crippen LogP contribution < -0.4 is 5.32 Å². The van der Waals surface area contributed by atoms with Gasteiger partial charge in [-0.2, -0.15) is 5.10 Å². The molecule has 7 rings (SSSR count). The Kier molecular flexibility index (Phi) is 5.94. The minimum absolute atomic E-state index is 0.351. The maximum absolute atomic E-state index is 16.1. The van der Waals surface area contributed by atoms with E-state index >= 15 is 4.39 Å². The molecule has 0 amide bonds. The first-order valence-electron chi connectivity index (χ1n) is 12.9. The number of nitrogens with one attached hydrogen (secondary N) is 3.